The van der Waals surface area contributed by atoms with Crippen LogP contribution in [0.3, 0.4) is 0 Å². The topological polar surface area (TPSA) is 74.2 Å². The van der Waals surface area contributed by atoms with Crippen LogP contribution in [-0.4, -0.2) is 39.5 Å². The summed E-state index contributed by atoms with van der Waals surface area (Å²) >= 11 is 0. The minimum atomic E-state index is -1.02. The zero-order chi connectivity index (χ0) is 18.1. The van der Waals surface area contributed by atoms with Crippen LogP contribution in [0.15, 0.2) is 30.3 Å². The molecular formula is C19H18O6. The lowest BCUT2D eigenvalue weighted by atomic mass is 9.95. The Bertz CT molecular complexity index is 977. The Morgan fingerprint density at radius 1 is 0.760 bits per heavy atom. The Hall–Kier alpha value is -3.15. The smallest absolute Gasteiger partial charge is 0.336 e. The number of rotatable bonds is 5. The number of benzene rings is 3. The first-order valence-electron chi connectivity index (χ1n) is 7.53. The molecule has 6 heteroatoms. The van der Waals surface area contributed by atoms with Crippen molar-refractivity contribution in [3.05, 3.63) is 35.9 Å². The minimum Gasteiger partial charge on any atom is -0.492 e. The van der Waals surface area contributed by atoms with Crippen molar-refractivity contribution in [2.24, 2.45) is 0 Å². The number of hydrogen-bond donors (Lipinski definition) is 1. The van der Waals surface area contributed by atoms with E-state index in [1.54, 1.807) is 18.2 Å². The molecule has 1 N–H and O–H groups in total. The molecule has 0 spiro atoms. The number of methoxy groups -OCH3 is 4. The summed E-state index contributed by atoms with van der Waals surface area (Å²) in [7, 11) is 6.03. The highest BCUT2D eigenvalue weighted by molar-refractivity contribution is 6.20. The van der Waals surface area contributed by atoms with Crippen molar-refractivity contribution in [3.63, 3.8) is 0 Å². The molecule has 0 saturated carbocycles. The summed E-state index contributed by atoms with van der Waals surface area (Å²) in [5.74, 6) is 0.573. The first-order chi connectivity index (χ1) is 12.1. The number of hydrogen-bond acceptors (Lipinski definition) is 5. The summed E-state index contributed by atoms with van der Waals surface area (Å²) < 4.78 is 22.0. The van der Waals surface area contributed by atoms with Gasteiger partial charge in [0.15, 0.2) is 11.5 Å². The molecule has 6 nitrogen and oxygen atoms in total. The summed E-state index contributed by atoms with van der Waals surface area (Å²) in [6.07, 6.45) is 0. The van der Waals surface area contributed by atoms with Gasteiger partial charge in [0.1, 0.15) is 0 Å². The van der Waals surface area contributed by atoms with Crippen LogP contribution in [-0.2, 0) is 0 Å². The van der Waals surface area contributed by atoms with Gasteiger partial charge in [-0.3, -0.25) is 0 Å². The third-order valence-electron chi connectivity index (χ3n) is 4.18. The SMILES string of the molecule is COc1c(OC)c(OC)c2c(cc(C(=O)O)c3ccccc32)c1OC. The average molecular weight is 342 g/mol. The fourth-order valence-corrected chi connectivity index (χ4v) is 3.19. The number of carboxylic acid groups (broad SMARTS) is 1. The van der Waals surface area contributed by atoms with E-state index in [1.807, 2.05) is 12.1 Å². The molecule has 0 aliphatic heterocycles. The molecule has 0 aromatic heterocycles. The standard InChI is InChI=1S/C19H18O6/c1-22-15-13-9-12(19(20)21)10-7-5-6-8-11(10)14(13)16(23-2)18(25-4)17(15)24-3/h5-9H,1-4H3,(H,20,21). The molecular weight excluding hydrogens is 324 g/mol. The van der Waals surface area contributed by atoms with Gasteiger partial charge in [0.25, 0.3) is 0 Å². The Balaban J connectivity index is 2.68. The van der Waals surface area contributed by atoms with Crippen LogP contribution < -0.4 is 18.9 Å². The van der Waals surface area contributed by atoms with Gasteiger partial charge in [-0.25, -0.2) is 4.79 Å². The molecule has 0 heterocycles. The van der Waals surface area contributed by atoms with Crippen LogP contribution >= 0.6 is 0 Å². The largest absolute Gasteiger partial charge is 0.492 e. The Kier molecular flexibility index (Phi) is 4.27. The van der Waals surface area contributed by atoms with Gasteiger partial charge in [-0.15, -0.1) is 0 Å². The van der Waals surface area contributed by atoms with Gasteiger partial charge in [-0.1, -0.05) is 24.3 Å². The van der Waals surface area contributed by atoms with E-state index in [-0.39, 0.29) is 5.56 Å². The molecule has 0 saturated heterocycles. The third-order valence-corrected chi connectivity index (χ3v) is 4.18. The number of ether oxygens (including phenoxy) is 4. The number of carboxylic acids is 1. The van der Waals surface area contributed by atoms with Crippen molar-refractivity contribution < 1.29 is 28.8 Å². The second-order valence-electron chi connectivity index (χ2n) is 5.33. The van der Waals surface area contributed by atoms with E-state index in [4.69, 9.17) is 18.9 Å². The molecule has 0 bridgehead atoms. The Labute approximate surface area is 144 Å². The lowest BCUT2D eigenvalue weighted by Gasteiger charge is -2.20. The number of carbonyl (C=O) groups is 1. The van der Waals surface area contributed by atoms with Crippen molar-refractivity contribution in [1.29, 1.82) is 0 Å². The van der Waals surface area contributed by atoms with Gasteiger partial charge in [0, 0.05) is 10.8 Å². The molecule has 0 aliphatic rings. The van der Waals surface area contributed by atoms with Gasteiger partial charge in [0.05, 0.1) is 34.0 Å². The van der Waals surface area contributed by atoms with Gasteiger partial charge in [-0.2, -0.15) is 0 Å². The van der Waals surface area contributed by atoms with Crippen LogP contribution in [0.1, 0.15) is 10.4 Å². The normalized spacial score (nSPS) is 10.7. The van der Waals surface area contributed by atoms with E-state index >= 15 is 0 Å². The lowest BCUT2D eigenvalue weighted by Crippen LogP contribution is -2.03. The van der Waals surface area contributed by atoms with Crippen LogP contribution in [0.5, 0.6) is 23.0 Å². The van der Waals surface area contributed by atoms with E-state index in [0.29, 0.717) is 39.2 Å². The highest BCUT2D eigenvalue weighted by Gasteiger charge is 2.26. The van der Waals surface area contributed by atoms with E-state index in [2.05, 4.69) is 0 Å². The van der Waals surface area contributed by atoms with E-state index < -0.39 is 5.97 Å². The molecule has 3 aromatic rings. The molecule has 3 rings (SSSR count). The molecule has 130 valence electrons. The zero-order valence-corrected chi connectivity index (χ0v) is 14.4. The fourth-order valence-electron chi connectivity index (χ4n) is 3.19. The maximum atomic E-state index is 11.8. The second kappa shape index (κ2) is 6.39. The maximum absolute atomic E-state index is 11.8. The van der Waals surface area contributed by atoms with Crippen molar-refractivity contribution >= 4 is 27.5 Å². The fraction of sp³-hybridized carbons (Fsp3) is 0.211. The van der Waals surface area contributed by atoms with Crippen molar-refractivity contribution in [2.75, 3.05) is 28.4 Å². The molecule has 0 radical (unpaired) electrons. The second-order valence-corrected chi connectivity index (χ2v) is 5.33. The average Bonchev–Trinajstić information content (AvgIpc) is 2.64. The minimum absolute atomic E-state index is 0.177. The van der Waals surface area contributed by atoms with Crippen LogP contribution in [0.4, 0.5) is 0 Å². The number of fused-ring (bicyclic) bond motifs is 3. The quantitative estimate of drug-likeness (QED) is 0.712. The van der Waals surface area contributed by atoms with E-state index in [1.165, 1.54) is 28.4 Å². The van der Waals surface area contributed by atoms with E-state index in [9.17, 15) is 9.90 Å². The summed E-state index contributed by atoms with van der Waals surface area (Å²) in [6.45, 7) is 0. The molecule has 0 atom stereocenters. The first-order valence-corrected chi connectivity index (χ1v) is 7.53. The van der Waals surface area contributed by atoms with Crippen LogP contribution in [0, 0.1) is 0 Å². The molecule has 0 aliphatic carbocycles. The summed E-state index contributed by atoms with van der Waals surface area (Å²) in [6, 6.07) is 8.82. The van der Waals surface area contributed by atoms with Crippen molar-refractivity contribution in [1.82, 2.24) is 0 Å². The predicted octanol–water partition coefficient (Wildman–Crippen LogP) is 3.73. The van der Waals surface area contributed by atoms with Gasteiger partial charge in [0.2, 0.25) is 11.5 Å². The van der Waals surface area contributed by atoms with E-state index in [0.717, 1.165) is 5.39 Å². The Morgan fingerprint density at radius 2 is 1.28 bits per heavy atom. The maximum Gasteiger partial charge on any atom is 0.336 e. The zero-order valence-electron chi connectivity index (χ0n) is 14.4. The summed E-state index contributed by atoms with van der Waals surface area (Å²) in [4.78, 5) is 11.8. The number of aromatic carboxylic acids is 1. The van der Waals surface area contributed by atoms with Crippen LogP contribution in [0.2, 0.25) is 0 Å². The van der Waals surface area contributed by atoms with Crippen LogP contribution in [0.25, 0.3) is 21.5 Å². The first kappa shape index (κ1) is 16.7. The highest BCUT2D eigenvalue weighted by Crippen LogP contribution is 2.53. The highest BCUT2D eigenvalue weighted by atomic mass is 16.5. The molecule has 0 amide bonds. The monoisotopic (exact) mass is 342 g/mol. The summed E-state index contributed by atoms with van der Waals surface area (Å²) in [5, 5.41) is 12.3. The molecule has 0 fully saturated rings. The van der Waals surface area contributed by atoms with Crippen molar-refractivity contribution in [2.45, 2.75) is 0 Å². The molecule has 0 unspecified atom stereocenters. The van der Waals surface area contributed by atoms with Gasteiger partial charge in [-0.05, 0) is 16.8 Å². The molecule has 25 heavy (non-hydrogen) atoms. The molecule has 3 aromatic carbocycles. The van der Waals surface area contributed by atoms with Gasteiger partial charge >= 0.3 is 5.97 Å². The van der Waals surface area contributed by atoms with Crippen molar-refractivity contribution in [3.8, 4) is 23.0 Å². The predicted molar refractivity (Wildman–Crippen MR) is 94.6 cm³/mol. The Morgan fingerprint density at radius 3 is 1.80 bits per heavy atom. The third kappa shape index (κ3) is 2.38. The summed E-state index contributed by atoms with van der Waals surface area (Å²) in [5.41, 5.74) is 0.177. The lowest BCUT2D eigenvalue weighted by molar-refractivity contribution is 0.0699. The van der Waals surface area contributed by atoms with Gasteiger partial charge < -0.3 is 24.1 Å².